The molecule has 1 amide bonds. The quantitative estimate of drug-likeness (QED) is 0.741. The first-order chi connectivity index (χ1) is 9.31. The van der Waals surface area contributed by atoms with Crippen molar-refractivity contribution in [1.29, 1.82) is 0 Å². The Morgan fingerprint density at radius 3 is 2.85 bits per heavy atom. The van der Waals surface area contributed by atoms with E-state index < -0.39 is 11.0 Å². The summed E-state index contributed by atoms with van der Waals surface area (Å²) in [5, 5.41) is 4.49. The summed E-state index contributed by atoms with van der Waals surface area (Å²) >= 11 is 1.08. The third-order valence-electron chi connectivity index (χ3n) is 4.25. The number of carbonyl (C=O) groups excluding carboxylic acids is 1. The second-order valence-electron chi connectivity index (χ2n) is 5.70. The van der Waals surface area contributed by atoms with Crippen LogP contribution in [0.4, 0.5) is 0 Å². The molecule has 2 atom stereocenters. The fourth-order valence-corrected chi connectivity index (χ4v) is 3.14. The molecule has 0 aliphatic heterocycles. The lowest BCUT2D eigenvalue weighted by Crippen LogP contribution is -2.75. The molecule has 6 nitrogen and oxygen atoms in total. The molecule has 0 saturated heterocycles. The van der Waals surface area contributed by atoms with Crippen molar-refractivity contribution in [3.8, 4) is 0 Å². The van der Waals surface area contributed by atoms with Crippen LogP contribution < -0.4 is 15.9 Å². The summed E-state index contributed by atoms with van der Waals surface area (Å²) < 4.78 is 5.60. The number of amides is 1. The van der Waals surface area contributed by atoms with Crippen molar-refractivity contribution in [2.75, 3.05) is 6.61 Å². The lowest BCUT2D eigenvalue weighted by atomic mass is 9.54. The standard InChI is InChI=1S/C13H21N3O3S/c1-4-19-9-5-13(14,12(9,2)3)10(17)15-6-8-7-20-11(18)16-8/h7,9H,4-6,14H2,1-3H3,(H,15,17)(H,16,18). The molecule has 2 unspecified atom stereocenters. The molecule has 1 aliphatic carbocycles. The SMILES string of the molecule is CCOC1CC(N)(C(=O)NCc2csc(=O)[nH]2)C1(C)C. The van der Waals surface area contributed by atoms with E-state index in [1.165, 1.54) is 0 Å². The highest BCUT2D eigenvalue weighted by molar-refractivity contribution is 7.07. The number of H-pyrrole nitrogens is 1. The second kappa shape index (κ2) is 5.31. The molecule has 112 valence electrons. The van der Waals surface area contributed by atoms with Crippen molar-refractivity contribution in [3.63, 3.8) is 0 Å². The van der Waals surface area contributed by atoms with Crippen molar-refractivity contribution in [2.45, 2.75) is 45.4 Å². The van der Waals surface area contributed by atoms with E-state index in [1.807, 2.05) is 20.8 Å². The van der Waals surface area contributed by atoms with Gasteiger partial charge in [0.05, 0.1) is 12.6 Å². The number of nitrogens with one attached hydrogen (secondary N) is 2. The molecular formula is C13H21N3O3S. The van der Waals surface area contributed by atoms with Gasteiger partial charge in [0.15, 0.2) is 0 Å². The Morgan fingerprint density at radius 1 is 1.65 bits per heavy atom. The molecule has 4 N–H and O–H groups in total. The number of hydrogen-bond acceptors (Lipinski definition) is 5. The van der Waals surface area contributed by atoms with Crippen molar-refractivity contribution in [2.24, 2.45) is 11.1 Å². The van der Waals surface area contributed by atoms with Crippen molar-refractivity contribution in [3.05, 3.63) is 20.7 Å². The van der Waals surface area contributed by atoms with Gasteiger partial charge < -0.3 is 20.8 Å². The molecule has 1 fully saturated rings. The molecule has 2 rings (SSSR count). The van der Waals surface area contributed by atoms with E-state index in [0.29, 0.717) is 18.7 Å². The van der Waals surface area contributed by atoms with Gasteiger partial charge in [-0.3, -0.25) is 9.59 Å². The third kappa shape index (κ3) is 2.41. The Bertz CT molecular complexity index is 551. The number of rotatable bonds is 5. The van der Waals surface area contributed by atoms with Gasteiger partial charge in [0.1, 0.15) is 5.54 Å². The van der Waals surface area contributed by atoms with Gasteiger partial charge in [-0.25, -0.2) is 0 Å². The van der Waals surface area contributed by atoms with Crippen LogP contribution in [-0.2, 0) is 16.1 Å². The average molecular weight is 299 g/mol. The van der Waals surface area contributed by atoms with Crippen molar-refractivity contribution in [1.82, 2.24) is 10.3 Å². The van der Waals surface area contributed by atoms with E-state index in [1.54, 1.807) is 5.38 Å². The van der Waals surface area contributed by atoms with Gasteiger partial charge in [-0.1, -0.05) is 25.2 Å². The van der Waals surface area contributed by atoms with Crippen molar-refractivity contribution < 1.29 is 9.53 Å². The normalized spacial score (nSPS) is 27.9. The van der Waals surface area contributed by atoms with Crippen LogP contribution >= 0.6 is 11.3 Å². The third-order valence-corrected chi connectivity index (χ3v) is 4.96. The van der Waals surface area contributed by atoms with Gasteiger partial charge in [0, 0.05) is 29.5 Å². The predicted molar refractivity (Wildman–Crippen MR) is 77.5 cm³/mol. The molecule has 0 spiro atoms. The van der Waals surface area contributed by atoms with Gasteiger partial charge in [0.2, 0.25) is 5.91 Å². The Morgan fingerprint density at radius 2 is 2.35 bits per heavy atom. The highest BCUT2D eigenvalue weighted by Crippen LogP contribution is 2.49. The minimum Gasteiger partial charge on any atom is -0.378 e. The number of nitrogens with two attached hydrogens (primary N) is 1. The second-order valence-corrected chi connectivity index (χ2v) is 6.54. The number of aromatic amines is 1. The fraction of sp³-hybridized carbons (Fsp3) is 0.692. The van der Waals surface area contributed by atoms with E-state index >= 15 is 0 Å². The van der Waals surface area contributed by atoms with E-state index in [4.69, 9.17) is 10.5 Å². The molecule has 1 aromatic heterocycles. The van der Waals surface area contributed by atoms with Crippen LogP contribution in [0.1, 0.15) is 32.9 Å². The van der Waals surface area contributed by atoms with Crippen LogP contribution in [0.3, 0.4) is 0 Å². The summed E-state index contributed by atoms with van der Waals surface area (Å²) in [5.41, 5.74) is 5.61. The zero-order chi connectivity index (χ0) is 15.0. The van der Waals surface area contributed by atoms with Gasteiger partial charge in [-0.2, -0.15) is 0 Å². The molecule has 0 aromatic carbocycles. The van der Waals surface area contributed by atoms with E-state index in [9.17, 15) is 9.59 Å². The maximum atomic E-state index is 12.3. The Hall–Kier alpha value is -1.18. The van der Waals surface area contributed by atoms with Gasteiger partial charge >= 0.3 is 4.87 Å². The fourth-order valence-electron chi connectivity index (χ4n) is 2.55. The van der Waals surface area contributed by atoms with Crippen LogP contribution in [0, 0.1) is 5.41 Å². The summed E-state index contributed by atoms with van der Waals surface area (Å²) in [6.45, 7) is 6.72. The highest BCUT2D eigenvalue weighted by atomic mass is 32.1. The lowest BCUT2D eigenvalue weighted by molar-refractivity contribution is -0.170. The number of hydrogen-bond donors (Lipinski definition) is 3. The van der Waals surface area contributed by atoms with Crippen LogP contribution in [0.2, 0.25) is 0 Å². The molecular weight excluding hydrogens is 278 g/mol. The first kappa shape index (κ1) is 15.2. The van der Waals surface area contributed by atoms with Gasteiger partial charge in [-0.15, -0.1) is 0 Å². The number of ether oxygens (including phenoxy) is 1. The minimum atomic E-state index is -0.927. The molecule has 7 heteroatoms. The first-order valence-corrected chi connectivity index (χ1v) is 7.54. The Balaban J connectivity index is 1.97. The van der Waals surface area contributed by atoms with Crippen LogP contribution in [0.15, 0.2) is 10.2 Å². The largest absolute Gasteiger partial charge is 0.378 e. The molecule has 0 radical (unpaired) electrons. The maximum absolute atomic E-state index is 12.3. The summed E-state index contributed by atoms with van der Waals surface area (Å²) in [6.07, 6.45) is 0.518. The predicted octanol–water partition coefficient (Wildman–Crippen LogP) is 0.585. The van der Waals surface area contributed by atoms with Gasteiger partial charge in [-0.05, 0) is 6.92 Å². The molecule has 1 aromatic rings. The van der Waals surface area contributed by atoms with E-state index in [0.717, 1.165) is 11.3 Å². The molecule has 0 bridgehead atoms. The maximum Gasteiger partial charge on any atom is 0.304 e. The smallest absolute Gasteiger partial charge is 0.304 e. The van der Waals surface area contributed by atoms with Crippen molar-refractivity contribution >= 4 is 17.2 Å². The van der Waals surface area contributed by atoms with E-state index in [-0.39, 0.29) is 23.4 Å². The summed E-state index contributed by atoms with van der Waals surface area (Å²) in [4.78, 5) is 25.9. The average Bonchev–Trinajstić information content (AvgIpc) is 2.81. The summed E-state index contributed by atoms with van der Waals surface area (Å²) in [6, 6.07) is 0. The number of thiazole rings is 1. The Kier molecular flexibility index (Phi) is 4.04. The Labute approximate surface area is 121 Å². The van der Waals surface area contributed by atoms with Crippen LogP contribution in [-0.4, -0.2) is 29.1 Å². The number of aromatic nitrogens is 1. The molecule has 20 heavy (non-hydrogen) atoms. The number of carbonyl (C=O) groups is 1. The zero-order valence-electron chi connectivity index (χ0n) is 12.0. The lowest BCUT2D eigenvalue weighted by Gasteiger charge is -2.57. The van der Waals surface area contributed by atoms with Crippen LogP contribution in [0.5, 0.6) is 0 Å². The molecule has 1 heterocycles. The topological polar surface area (TPSA) is 97.2 Å². The first-order valence-electron chi connectivity index (χ1n) is 6.66. The highest BCUT2D eigenvalue weighted by Gasteiger charge is 2.62. The monoisotopic (exact) mass is 299 g/mol. The molecule has 1 aliphatic rings. The van der Waals surface area contributed by atoms with Crippen LogP contribution in [0.25, 0.3) is 0 Å². The molecule has 1 saturated carbocycles. The summed E-state index contributed by atoms with van der Waals surface area (Å²) in [7, 11) is 0. The zero-order valence-corrected chi connectivity index (χ0v) is 12.8. The summed E-state index contributed by atoms with van der Waals surface area (Å²) in [5.74, 6) is -0.203. The van der Waals surface area contributed by atoms with Gasteiger partial charge in [0.25, 0.3) is 0 Å². The minimum absolute atomic E-state index is 0.00389. The van der Waals surface area contributed by atoms with E-state index in [2.05, 4.69) is 10.3 Å².